The molecule has 11 heavy (non-hydrogen) atoms. The third-order valence-electron chi connectivity index (χ3n) is 2.93. The first kappa shape index (κ1) is 11.0. The summed E-state index contributed by atoms with van der Waals surface area (Å²) < 4.78 is 0. The highest BCUT2D eigenvalue weighted by Gasteiger charge is 2.20. The summed E-state index contributed by atoms with van der Waals surface area (Å²) in [6, 6.07) is 0. The van der Waals surface area contributed by atoms with Crippen molar-refractivity contribution in [1.82, 2.24) is 0 Å². The van der Waals surface area contributed by atoms with E-state index in [-0.39, 0.29) is 0 Å². The van der Waals surface area contributed by atoms with Crippen LogP contribution in [-0.4, -0.2) is 0 Å². The van der Waals surface area contributed by atoms with Gasteiger partial charge in [-0.05, 0) is 23.7 Å². The first-order chi connectivity index (χ1) is 5.00. The molecule has 0 aliphatic rings. The van der Waals surface area contributed by atoms with Gasteiger partial charge in [0.15, 0.2) is 0 Å². The lowest BCUT2D eigenvalue weighted by atomic mass is 9.77. The molecule has 0 aromatic rings. The van der Waals surface area contributed by atoms with Crippen LogP contribution in [0.25, 0.3) is 0 Å². The van der Waals surface area contributed by atoms with Gasteiger partial charge in [0.25, 0.3) is 0 Å². The van der Waals surface area contributed by atoms with Gasteiger partial charge in [-0.1, -0.05) is 48.0 Å². The van der Waals surface area contributed by atoms with E-state index in [0.29, 0.717) is 5.92 Å². The van der Waals surface area contributed by atoms with Crippen molar-refractivity contribution in [3.8, 4) is 0 Å². The monoisotopic (exact) mass is 155 g/mol. The Hall–Kier alpha value is 0. The van der Waals surface area contributed by atoms with E-state index in [9.17, 15) is 0 Å². The molecule has 0 saturated carbocycles. The molecule has 0 fully saturated rings. The predicted octanol–water partition coefficient (Wildman–Crippen LogP) is 3.77. The van der Waals surface area contributed by atoms with Gasteiger partial charge in [-0.2, -0.15) is 0 Å². The summed E-state index contributed by atoms with van der Waals surface area (Å²) in [7, 11) is 0. The van der Waals surface area contributed by atoms with Gasteiger partial charge in [0, 0.05) is 0 Å². The van der Waals surface area contributed by atoms with Gasteiger partial charge < -0.3 is 0 Å². The third kappa shape index (κ3) is 3.27. The van der Waals surface area contributed by atoms with E-state index in [1.807, 2.05) is 0 Å². The highest BCUT2D eigenvalue weighted by Crippen LogP contribution is 2.28. The second kappa shape index (κ2) is 4.79. The van der Waals surface area contributed by atoms with Gasteiger partial charge in [-0.3, -0.25) is 0 Å². The fourth-order valence-corrected chi connectivity index (χ4v) is 1.79. The summed E-state index contributed by atoms with van der Waals surface area (Å²) in [6.45, 7) is 15.6. The second-order valence-corrected chi connectivity index (χ2v) is 4.15. The van der Waals surface area contributed by atoms with Gasteiger partial charge in [-0.15, -0.1) is 0 Å². The molecule has 0 bridgehead atoms. The highest BCUT2D eigenvalue weighted by molar-refractivity contribution is 4.74. The topological polar surface area (TPSA) is 0 Å². The molecule has 0 aromatic carbocycles. The van der Waals surface area contributed by atoms with Crippen LogP contribution in [0.4, 0.5) is 0 Å². The van der Waals surface area contributed by atoms with E-state index in [4.69, 9.17) is 0 Å². The van der Waals surface area contributed by atoms with Crippen LogP contribution < -0.4 is 0 Å². The van der Waals surface area contributed by atoms with E-state index in [2.05, 4.69) is 41.5 Å². The molecular weight excluding hydrogens is 132 g/mol. The summed E-state index contributed by atoms with van der Waals surface area (Å²) in [5, 5.41) is 0. The number of hydrogen-bond acceptors (Lipinski definition) is 0. The van der Waals surface area contributed by atoms with E-state index < -0.39 is 0 Å². The van der Waals surface area contributed by atoms with Crippen LogP contribution in [0.3, 0.4) is 0 Å². The Morgan fingerprint density at radius 3 is 1.64 bits per heavy atom. The van der Waals surface area contributed by atoms with Crippen molar-refractivity contribution in [2.24, 2.45) is 23.7 Å². The SMILES string of the molecule is [CH2]C(C)C(CC)C(C)C(C)C. The predicted molar refractivity (Wildman–Crippen MR) is 52.3 cm³/mol. The maximum Gasteiger partial charge on any atom is -0.0363 e. The first-order valence-corrected chi connectivity index (χ1v) is 4.83. The van der Waals surface area contributed by atoms with Crippen molar-refractivity contribution in [3.05, 3.63) is 6.92 Å². The minimum atomic E-state index is 0.595. The Morgan fingerprint density at radius 2 is 1.55 bits per heavy atom. The summed E-state index contributed by atoms with van der Waals surface area (Å²) in [5.74, 6) is 3.00. The van der Waals surface area contributed by atoms with Crippen LogP contribution in [0.15, 0.2) is 0 Å². The van der Waals surface area contributed by atoms with Crippen LogP contribution in [0.2, 0.25) is 0 Å². The molecule has 0 spiro atoms. The van der Waals surface area contributed by atoms with Crippen molar-refractivity contribution in [2.75, 3.05) is 0 Å². The van der Waals surface area contributed by atoms with Gasteiger partial charge in [-0.25, -0.2) is 0 Å². The van der Waals surface area contributed by atoms with Crippen LogP contribution in [0, 0.1) is 30.6 Å². The zero-order chi connectivity index (χ0) is 9.02. The standard InChI is InChI=1S/C11H23/c1-7-11(9(4)5)10(6)8(2)3/h8-11H,4,7H2,1-3,5-6H3. The van der Waals surface area contributed by atoms with Crippen LogP contribution >= 0.6 is 0 Å². The Morgan fingerprint density at radius 1 is 1.09 bits per heavy atom. The molecule has 0 heteroatoms. The molecule has 0 aliphatic heterocycles. The molecular formula is C11H23. The average molecular weight is 155 g/mol. The Balaban J connectivity index is 4.02. The molecule has 0 saturated heterocycles. The largest absolute Gasteiger partial charge is 0.0651 e. The molecule has 0 aliphatic carbocycles. The minimum Gasteiger partial charge on any atom is -0.0651 e. The third-order valence-corrected chi connectivity index (χ3v) is 2.93. The molecule has 1 radical (unpaired) electrons. The molecule has 0 N–H and O–H groups in total. The lowest BCUT2D eigenvalue weighted by molar-refractivity contribution is 0.223. The van der Waals surface area contributed by atoms with E-state index in [1.165, 1.54) is 6.42 Å². The van der Waals surface area contributed by atoms with Gasteiger partial charge in [0.2, 0.25) is 0 Å². The fourth-order valence-electron chi connectivity index (χ4n) is 1.79. The van der Waals surface area contributed by atoms with Crippen LogP contribution in [-0.2, 0) is 0 Å². The Bertz CT molecular complexity index is 92.2. The lowest BCUT2D eigenvalue weighted by Crippen LogP contribution is -2.21. The van der Waals surface area contributed by atoms with Crippen molar-refractivity contribution < 1.29 is 0 Å². The minimum absolute atomic E-state index is 0.595. The Kier molecular flexibility index (Phi) is 4.79. The zero-order valence-corrected chi connectivity index (χ0v) is 8.72. The average Bonchev–Trinajstić information content (AvgIpc) is 1.88. The van der Waals surface area contributed by atoms with Crippen molar-refractivity contribution in [2.45, 2.75) is 41.0 Å². The maximum atomic E-state index is 4.11. The summed E-state index contributed by atoms with van der Waals surface area (Å²) in [6.07, 6.45) is 1.27. The number of hydrogen-bond donors (Lipinski definition) is 0. The van der Waals surface area contributed by atoms with E-state index in [0.717, 1.165) is 17.8 Å². The Labute approximate surface area is 72.4 Å². The van der Waals surface area contributed by atoms with Gasteiger partial charge >= 0.3 is 0 Å². The first-order valence-electron chi connectivity index (χ1n) is 4.83. The van der Waals surface area contributed by atoms with E-state index >= 15 is 0 Å². The second-order valence-electron chi connectivity index (χ2n) is 4.15. The smallest absolute Gasteiger partial charge is 0.0363 e. The molecule has 3 unspecified atom stereocenters. The summed E-state index contributed by atoms with van der Waals surface area (Å²) in [4.78, 5) is 0. The molecule has 0 aromatic heterocycles. The molecule has 0 nitrogen and oxygen atoms in total. The molecule has 67 valence electrons. The van der Waals surface area contributed by atoms with Crippen molar-refractivity contribution in [1.29, 1.82) is 0 Å². The number of rotatable bonds is 4. The molecule has 0 amide bonds. The van der Waals surface area contributed by atoms with E-state index in [1.54, 1.807) is 0 Å². The summed E-state index contributed by atoms with van der Waals surface area (Å²) >= 11 is 0. The fraction of sp³-hybridized carbons (Fsp3) is 0.909. The quantitative estimate of drug-likeness (QED) is 0.579. The molecule has 0 rings (SSSR count). The summed E-state index contributed by atoms with van der Waals surface area (Å²) in [5.41, 5.74) is 0. The van der Waals surface area contributed by atoms with Crippen LogP contribution in [0.1, 0.15) is 41.0 Å². The van der Waals surface area contributed by atoms with Crippen molar-refractivity contribution in [3.63, 3.8) is 0 Å². The van der Waals surface area contributed by atoms with Gasteiger partial charge in [0.1, 0.15) is 0 Å². The maximum absolute atomic E-state index is 4.11. The van der Waals surface area contributed by atoms with Crippen molar-refractivity contribution >= 4 is 0 Å². The molecule has 3 atom stereocenters. The highest BCUT2D eigenvalue weighted by atomic mass is 14.3. The lowest BCUT2D eigenvalue weighted by Gasteiger charge is -2.29. The molecule has 0 heterocycles. The van der Waals surface area contributed by atoms with Crippen LogP contribution in [0.5, 0.6) is 0 Å². The zero-order valence-electron chi connectivity index (χ0n) is 8.72. The van der Waals surface area contributed by atoms with Gasteiger partial charge in [0.05, 0.1) is 0 Å². The normalized spacial score (nSPS) is 17.5.